The molecule has 0 aromatic heterocycles. The average Bonchev–Trinajstić information content (AvgIpc) is 2.56. The summed E-state index contributed by atoms with van der Waals surface area (Å²) in [5, 5.41) is 3.95. The van der Waals surface area contributed by atoms with Gasteiger partial charge in [0.15, 0.2) is 0 Å². The summed E-state index contributed by atoms with van der Waals surface area (Å²) >= 11 is 0. The van der Waals surface area contributed by atoms with E-state index in [1.807, 2.05) is 0 Å². The first-order chi connectivity index (χ1) is 8.25. The minimum absolute atomic E-state index is 0.758. The van der Waals surface area contributed by atoms with Gasteiger partial charge in [-0.15, -0.1) is 0 Å². The summed E-state index contributed by atoms with van der Waals surface area (Å²) in [6, 6.07) is 1.57. The Labute approximate surface area is 108 Å². The number of nitrogens with one attached hydrogen (secondary N) is 1. The summed E-state index contributed by atoms with van der Waals surface area (Å²) in [6.45, 7) is 4.86. The van der Waals surface area contributed by atoms with E-state index in [2.05, 4.69) is 19.2 Å². The summed E-state index contributed by atoms with van der Waals surface area (Å²) in [7, 11) is 0. The molecule has 0 spiro atoms. The molecule has 1 nitrogen and oxygen atoms in total. The van der Waals surface area contributed by atoms with Gasteiger partial charge in [0, 0.05) is 12.1 Å². The molecule has 3 atom stereocenters. The van der Waals surface area contributed by atoms with Crippen molar-refractivity contribution in [2.75, 3.05) is 0 Å². The third-order valence-corrected chi connectivity index (χ3v) is 5.11. The third kappa shape index (κ3) is 4.28. The van der Waals surface area contributed by atoms with E-state index in [9.17, 15) is 0 Å². The van der Waals surface area contributed by atoms with Crippen LogP contribution in [0, 0.1) is 11.8 Å². The molecule has 0 heterocycles. The lowest BCUT2D eigenvalue weighted by Crippen LogP contribution is -2.41. The zero-order chi connectivity index (χ0) is 12.1. The van der Waals surface area contributed by atoms with Crippen LogP contribution in [0.3, 0.4) is 0 Å². The van der Waals surface area contributed by atoms with E-state index in [4.69, 9.17) is 0 Å². The normalized spacial score (nSPS) is 34.2. The molecular weight excluding hydrogens is 206 g/mol. The van der Waals surface area contributed by atoms with Gasteiger partial charge in [-0.1, -0.05) is 39.0 Å². The topological polar surface area (TPSA) is 12.0 Å². The van der Waals surface area contributed by atoms with Crippen molar-refractivity contribution in [3.8, 4) is 0 Å². The Morgan fingerprint density at radius 1 is 0.824 bits per heavy atom. The van der Waals surface area contributed by atoms with E-state index in [0.717, 1.165) is 23.9 Å². The Bertz CT molecular complexity index is 208. The van der Waals surface area contributed by atoms with Crippen LogP contribution in [0.25, 0.3) is 0 Å². The van der Waals surface area contributed by atoms with Crippen molar-refractivity contribution in [3.63, 3.8) is 0 Å². The van der Waals surface area contributed by atoms with Gasteiger partial charge in [-0.3, -0.25) is 0 Å². The molecule has 1 N–H and O–H groups in total. The molecule has 17 heavy (non-hydrogen) atoms. The molecular formula is C16H31N. The van der Waals surface area contributed by atoms with E-state index in [1.165, 1.54) is 64.2 Å². The number of rotatable bonds is 3. The first kappa shape index (κ1) is 13.4. The van der Waals surface area contributed by atoms with Gasteiger partial charge in [0.25, 0.3) is 0 Å². The third-order valence-electron chi connectivity index (χ3n) is 5.11. The Balaban J connectivity index is 1.74. The van der Waals surface area contributed by atoms with Gasteiger partial charge in [0.1, 0.15) is 0 Å². The minimum atomic E-state index is 0.758. The molecule has 2 aliphatic carbocycles. The van der Waals surface area contributed by atoms with Crippen molar-refractivity contribution in [1.29, 1.82) is 0 Å². The molecule has 0 aromatic carbocycles. The lowest BCUT2D eigenvalue weighted by Gasteiger charge is -2.31. The van der Waals surface area contributed by atoms with Crippen LogP contribution >= 0.6 is 0 Å². The highest BCUT2D eigenvalue weighted by Gasteiger charge is 2.23. The maximum absolute atomic E-state index is 3.95. The fourth-order valence-electron chi connectivity index (χ4n) is 3.80. The average molecular weight is 237 g/mol. The smallest absolute Gasteiger partial charge is 0.00697 e. The zero-order valence-electron chi connectivity index (χ0n) is 11.9. The van der Waals surface area contributed by atoms with Crippen molar-refractivity contribution >= 4 is 0 Å². The Morgan fingerprint density at radius 3 is 2.35 bits per heavy atom. The molecule has 0 aromatic rings. The van der Waals surface area contributed by atoms with E-state index < -0.39 is 0 Å². The van der Waals surface area contributed by atoms with E-state index in [0.29, 0.717) is 0 Å². The van der Waals surface area contributed by atoms with Crippen molar-refractivity contribution < 1.29 is 0 Å². The molecule has 0 bridgehead atoms. The summed E-state index contributed by atoms with van der Waals surface area (Å²) < 4.78 is 0. The fourth-order valence-corrected chi connectivity index (χ4v) is 3.80. The Kier molecular flexibility index (Phi) is 5.34. The number of hydrogen-bond donors (Lipinski definition) is 1. The second-order valence-corrected chi connectivity index (χ2v) is 6.66. The number of hydrogen-bond acceptors (Lipinski definition) is 1. The van der Waals surface area contributed by atoms with E-state index in [-0.39, 0.29) is 0 Å². The minimum Gasteiger partial charge on any atom is -0.311 e. The van der Waals surface area contributed by atoms with Crippen molar-refractivity contribution in [2.45, 2.75) is 90.1 Å². The Morgan fingerprint density at radius 2 is 1.59 bits per heavy atom. The summed E-state index contributed by atoms with van der Waals surface area (Å²) in [6.07, 6.45) is 14.5. The van der Waals surface area contributed by atoms with Crippen LogP contribution in [0.2, 0.25) is 0 Å². The van der Waals surface area contributed by atoms with Crippen LogP contribution in [-0.4, -0.2) is 12.1 Å². The maximum atomic E-state index is 3.95. The second-order valence-electron chi connectivity index (χ2n) is 6.66. The van der Waals surface area contributed by atoms with Crippen LogP contribution in [0.5, 0.6) is 0 Å². The first-order valence-corrected chi connectivity index (χ1v) is 8.01. The van der Waals surface area contributed by atoms with Gasteiger partial charge in [-0.25, -0.2) is 0 Å². The standard InChI is InChI=1S/C16H31N/c1-13-7-6-10-16(12-11-13)17-14(2)15-8-4-3-5-9-15/h13-17H,3-12H2,1-2H3. The molecule has 0 radical (unpaired) electrons. The van der Waals surface area contributed by atoms with Gasteiger partial charge in [-0.2, -0.15) is 0 Å². The molecule has 3 unspecified atom stereocenters. The quantitative estimate of drug-likeness (QED) is 0.712. The van der Waals surface area contributed by atoms with Gasteiger partial charge in [-0.05, 0) is 50.9 Å². The molecule has 0 aliphatic heterocycles. The second kappa shape index (κ2) is 6.78. The molecule has 2 saturated carbocycles. The predicted molar refractivity (Wildman–Crippen MR) is 75.2 cm³/mol. The molecule has 2 aliphatic rings. The lowest BCUT2D eigenvalue weighted by atomic mass is 9.84. The highest BCUT2D eigenvalue weighted by molar-refractivity contribution is 4.81. The van der Waals surface area contributed by atoms with Crippen LogP contribution in [0.4, 0.5) is 0 Å². The molecule has 1 heteroatoms. The summed E-state index contributed by atoms with van der Waals surface area (Å²) in [5.41, 5.74) is 0. The predicted octanol–water partition coefficient (Wildman–Crippen LogP) is 4.51. The summed E-state index contributed by atoms with van der Waals surface area (Å²) in [5.74, 6) is 1.93. The van der Waals surface area contributed by atoms with Crippen LogP contribution in [-0.2, 0) is 0 Å². The molecule has 2 rings (SSSR count). The lowest BCUT2D eigenvalue weighted by molar-refractivity contribution is 0.256. The summed E-state index contributed by atoms with van der Waals surface area (Å²) in [4.78, 5) is 0. The zero-order valence-corrected chi connectivity index (χ0v) is 11.9. The van der Waals surface area contributed by atoms with Crippen LogP contribution < -0.4 is 5.32 Å². The van der Waals surface area contributed by atoms with E-state index >= 15 is 0 Å². The molecule has 0 saturated heterocycles. The van der Waals surface area contributed by atoms with Crippen molar-refractivity contribution in [2.24, 2.45) is 11.8 Å². The first-order valence-electron chi connectivity index (χ1n) is 8.01. The van der Waals surface area contributed by atoms with Crippen LogP contribution in [0.15, 0.2) is 0 Å². The fraction of sp³-hybridized carbons (Fsp3) is 1.00. The van der Waals surface area contributed by atoms with Crippen molar-refractivity contribution in [1.82, 2.24) is 5.32 Å². The van der Waals surface area contributed by atoms with Crippen molar-refractivity contribution in [3.05, 3.63) is 0 Å². The molecule has 100 valence electrons. The SMILES string of the molecule is CC1CCCC(NC(C)C2CCCCC2)CC1. The van der Waals surface area contributed by atoms with Gasteiger partial charge >= 0.3 is 0 Å². The molecule has 0 amide bonds. The largest absolute Gasteiger partial charge is 0.311 e. The highest BCUT2D eigenvalue weighted by Crippen LogP contribution is 2.28. The van der Waals surface area contributed by atoms with Gasteiger partial charge < -0.3 is 5.32 Å². The monoisotopic (exact) mass is 237 g/mol. The Hall–Kier alpha value is -0.0400. The van der Waals surface area contributed by atoms with Gasteiger partial charge in [0.2, 0.25) is 0 Å². The van der Waals surface area contributed by atoms with Gasteiger partial charge in [0.05, 0.1) is 0 Å². The van der Waals surface area contributed by atoms with E-state index in [1.54, 1.807) is 0 Å². The highest BCUT2D eigenvalue weighted by atomic mass is 14.9. The molecule has 2 fully saturated rings. The van der Waals surface area contributed by atoms with Crippen LogP contribution in [0.1, 0.15) is 78.1 Å². The maximum Gasteiger partial charge on any atom is 0.00697 e.